The van der Waals surface area contributed by atoms with Crippen molar-refractivity contribution in [3.05, 3.63) is 81.9 Å². The molecule has 0 amide bonds. The average molecular weight is 372 g/mol. The molecule has 0 spiro atoms. The highest BCUT2D eigenvalue weighted by Gasteiger charge is 2.43. The summed E-state index contributed by atoms with van der Waals surface area (Å²) in [5.74, 6) is -0.904. The van der Waals surface area contributed by atoms with Gasteiger partial charge in [-0.2, -0.15) is 5.26 Å². The van der Waals surface area contributed by atoms with Crippen molar-refractivity contribution in [2.45, 2.75) is 5.92 Å². The Morgan fingerprint density at radius 3 is 2.46 bits per heavy atom. The van der Waals surface area contributed by atoms with Crippen LogP contribution in [0.5, 0.6) is 11.5 Å². The SMILES string of the molecule is N#CC1=C(N)OC2=C(C(=O)c3ccccc3C2=O)[C@@H]1c1ccc2c(c1)OCO2. The number of nitrogens with zero attached hydrogens (tertiary/aromatic N) is 1. The summed E-state index contributed by atoms with van der Waals surface area (Å²) < 4.78 is 16.2. The highest BCUT2D eigenvalue weighted by Crippen LogP contribution is 2.46. The van der Waals surface area contributed by atoms with Gasteiger partial charge in [0.15, 0.2) is 23.0 Å². The topological polar surface area (TPSA) is 112 Å². The molecule has 2 aliphatic heterocycles. The van der Waals surface area contributed by atoms with E-state index in [1.54, 1.807) is 42.5 Å². The lowest BCUT2D eigenvalue weighted by molar-refractivity contribution is 0.0897. The fourth-order valence-corrected chi connectivity index (χ4v) is 3.73. The molecule has 2 heterocycles. The molecule has 0 radical (unpaired) electrons. The average Bonchev–Trinajstić information content (AvgIpc) is 3.19. The van der Waals surface area contributed by atoms with E-state index < -0.39 is 11.7 Å². The van der Waals surface area contributed by atoms with Crippen molar-refractivity contribution in [1.82, 2.24) is 0 Å². The van der Waals surface area contributed by atoms with E-state index in [0.717, 1.165) is 0 Å². The second kappa shape index (κ2) is 5.72. The predicted molar refractivity (Wildman–Crippen MR) is 95.3 cm³/mol. The maximum atomic E-state index is 13.3. The molecule has 2 aromatic carbocycles. The van der Waals surface area contributed by atoms with Gasteiger partial charge in [-0.1, -0.05) is 30.3 Å². The number of ketones is 2. The number of rotatable bonds is 1. The van der Waals surface area contributed by atoms with Crippen LogP contribution in [0.25, 0.3) is 0 Å². The first-order chi connectivity index (χ1) is 13.6. The summed E-state index contributed by atoms with van der Waals surface area (Å²) in [6.07, 6.45) is 0. The number of benzene rings is 2. The number of nitriles is 1. The Balaban J connectivity index is 1.74. The zero-order valence-corrected chi connectivity index (χ0v) is 14.4. The Hall–Kier alpha value is -4.05. The zero-order valence-electron chi connectivity index (χ0n) is 14.4. The van der Waals surface area contributed by atoms with Crippen molar-refractivity contribution >= 4 is 11.6 Å². The molecule has 0 saturated heterocycles. The van der Waals surface area contributed by atoms with Crippen molar-refractivity contribution in [2.24, 2.45) is 5.73 Å². The summed E-state index contributed by atoms with van der Waals surface area (Å²) in [7, 11) is 0. The van der Waals surface area contributed by atoms with Crippen LogP contribution in [0.2, 0.25) is 0 Å². The third kappa shape index (κ3) is 2.09. The standard InChI is InChI=1S/C21H12N2O5/c22-8-13-16(10-5-6-14-15(7-10)27-9-26-14)17-18(24)11-3-1-2-4-12(11)19(25)20(17)28-21(13)23/h1-7,16H,9,23H2/t16-/m1/s1. The van der Waals surface area contributed by atoms with Crippen LogP contribution in [0.4, 0.5) is 0 Å². The maximum absolute atomic E-state index is 13.3. The molecule has 0 unspecified atom stereocenters. The molecule has 0 bridgehead atoms. The first kappa shape index (κ1) is 16.1. The number of hydrogen-bond donors (Lipinski definition) is 1. The van der Waals surface area contributed by atoms with Crippen molar-refractivity contribution in [1.29, 1.82) is 5.26 Å². The smallest absolute Gasteiger partial charge is 0.231 e. The zero-order chi connectivity index (χ0) is 19.4. The normalized spacial score (nSPS) is 19.8. The molecule has 5 rings (SSSR count). The van der Waals surface area contributed by atoms with Gasteiger partial charge in [-0.05, 0) is 17.7 Å². The maximum Gasteiger partial charge on any atom is 0.231 e. The van der Waals surface area contributed by atoms with Gasteiger partial charge in [0, 0.05) is 11.1 Å². The molecule has 1 aliphatic carbocycles. The second-order valence-electron chi connectivity index (χ2n) is 6.48. The van der Waals surface area contributed by atoms with Gasteiger partial charge >= 0.3 is 0 Å². The van der Waals surface area contributed by atoms with Crippen molar-refractivity contribution < 1.29 is 23.8 Å². The molecule has 3 aliphatic rings. The van der Waals surface area contributed by atoms with E-state index in [9.17, 15) is 14.9 Å². The van der Waals surface area contributed by atoms with Crippen LogP contribution in [0.1, 0.15) is 32.2 Å². The van der Waals surface area contributed by atoms with Crippen molar-refractivity contribution in [3.63, 3.8) is 0 Å². The number of allylic oxidation sites excluding steroid dienone is 3. The quantitative estimate of drug-likeness (QED) is 0.819. The van der Waals surface area contributed by atoms with E-state index in [-0.39, 0.29) is 46.5 Å². The highest BCUT2D eigenvalue weighted by molar-refractivity contribution is 6.27. The summed E-state index contributed by atoms with van der Waals surface area (Å²) in [6, 6.07) is 13.6. The summed E-state index contributed by atoms with van der Waals surface area (Å²) in [4.78, 5) is 26.2. The molecular weight excluding hydrogens is 360 g/mol. The number of Topliss-reactive ketones (excluding diaryl/α,β-unsaturated/α-hetero) is 2. The predicted octanol–water partition coefficient (Wildman–Crippen LogP) is 2.56. The summed E-state index contributed by atoms with van der Waals surface area (Å²) in [5.41, 5.74) is 7.23. The third-order valence-corrected chi connectivity index (χ3v) is 5.02. The minimum absolute atomic E-state index is 0.0677. The Bertz CT molecular complexity index is 1190. The lowest BCUT2D eigenvalue weighted by Gasteiger charge is -2.30. The highest BCUT2D eigenvalue weighted by atomic mass is 16.7. The van der Waals surface area contributed by atoms with Gasteiger partial charge in [0.2, 0.25) is 18.5 Å². The molecule has 7 heteroatoms. The molecule has 136 valence electrons. The molecule has 0 aromatic heterocycles. The van der Waals surface area contributed by atoms with Gasteiger partial charge < -0.3 is 19.9 Å². The van der Waals surface area contributed by atoms with Gasteiger partial charge in [-0.3, -0.25) is 9.59 Å². The number of carbonyl (C=O) groups excluding carboxylic acids is 2. The third-order valence-electron chi connectivity index (χ3n) is 5.02. The fourth-order valence-electron chi connectivity index (χ4n) is 3.73. The van der Waals surface area contributed by atoms with Gasteiger partial charge in [0.25, 0.3) is 0 Å². The number of ether oxygens (including phenoxy) is 3. The Labute approximate surface area is 159 Å². The van der Waals surface area contributed by atoms with Crippen LogP contribution in [-0.2, 0) is 4.74 Å². The van der Waals surface area contributed by atoms with Gasteiger partial charge in [0.1, 0.15) is 11.6 Å². The Kier molecular flexibility index (Phi) is 3.30. The monoisotopic (exact) mass is 372 g/mol. The molecule has 28 heavy (non-hydrogen) atoms. The number of carbonyl (C=O) groups is 2. The first-order valence-electron chi connectivity index (χ1n) is 8.50. The number of nitrogens with two attached hydrogens (primary N) is 1. The Morgan fingerprint density at radius 1 is 1.00 bits per heavy atom. The van der Waals surface area contributed by atoms with E-state index in [1.165, 1.54) is 0 Å². The van der Waals surface area contributed by atoms with E-state index in [4.69, 9.17) is 19.9 Å². The number of hydrogen-bond acceptors (Lipinski definition) is 7. The van der Waals surface area contributed by atoms with E-state index in [0.29, 0.717) is 17.1 Å². The fraction of sp³-hybridized carbons (Fsp3) is 0.0952. The molecule has 0 saturated carbocycles. The minimum atomic E-state index is -0.840. The van der Waals surface area contributed by atoms with Crippen LogP contribution < -0.4 is 15.2 Å². The molecular formula is C21H12N2O5. The molecule has 0 fully saturated rings. The van der Waals surface area contributed by atoms with Gasteiger partial charge in [-0.25, -0.2) is 0 Å². The van der Waals surface area contributed by atoms with Gasteiger partial charge in [-0.15, -0.1) is 0 Å². The first-order valence-corrected chi connectivity index (χ1v) is 8.50. The van der Waals surface area contributed by atoms with Crippen LogP contribution in [0.15, 0.2) is 65.3 Å². The van der Waals surface area contributed by atoms with E-state index in [2.05, 4.69) is 0 Å². The molecule has 2 aromatic rings. The van der Waals surface area contributed by atoms with E-state index in [1.807, 2.05) is 6.07 Å². The Morgan fingerprint density at radius 2 is 1.71 bits per heavy atom. The van der Waals surface area contributed by atoms with Crippen LogP contribution in [0, 0.1) is 11.3 Å². The van der Waals surface area contributed by atoms with Crippen LogP contribution in [0.3, 0.4) is 0 Å². The largest absolute Gasteiger partial charge is 0.454 e. The molecule has 2 N–H and O–H groups in total. The second-order valence-corrected chi connectivity index (χ2v) is 6.48. The molecule has 1 atom stereocenters. The van der Waals surface area contributed by atoms with Crippen molar-refractivity contribution in [2.75, 3.05) is 6.79 Å². The minimum Gasteiger partial charge on any atom is -0.454 e. The van der Waals surface area contributed by atoms with Gasteiger partial charge in [0.05, 0.1) is 11.5 Å². The molecule has 7 nitrogen and oxygen atoms in total. The van der Waals surface area contributed by atoms with Crippen LogP contribution >= 0.6 is 0 Å². The van der Waals surface area contributed by atoms with E-state index >= 15 is 0 Å². The summed E-state index contributed by atoms with van der Waals surface area (Å²) in [6.45, 7) is 0.0917. The lowest BCUT2D eigenvalue weighted by atomic mass is 9.75. The van der Waals surface area contributed by atoms with Crippen LogP contribution in [-0.4, -0.2) is 18.4 Å². The summed E-state index contributed by atoms with van der Waals surface area (Å²) >= 11 is 0. The number of fused-ring (bicyclic) bond motifs is 2. The summed E-state index contributed by atoms with van der Waals surface area (Å²) in [5, 5.41) is 9.68. The van der Waals surface area contributed by atoms with Crippen molar-refractivity contribution in [3.8, 4) is 17.6 Å². The lowest BCUT2D eigenvalue weighted by Crippen LogP contribution is -2.32.